The van der Waals surface area contributed by atoms with E-state index in [-0.39, 0.29) is 11.7 Å². The molecule has 2 atom stereocenters. The minimum absolute atomic E-state index is 0.0298. The molecule has 0 radical (unpaired) electrons. The van der Waals surface area contributed by atoms with E-state index >= 15 is 0 Å². The van der Waals surface area contributed by atoms with Crippen LogP contribution in [0.3, 0.4) is 0 Å². The monoisotopic (exact) mass is 169 g/mol. The van der Waals surface area contributed by atoms with Gasteiger partial charge in [-0.05, 0) is 11.4 Å². The van der Waals surface area contributed by atoms with Crippen molar-refractivity contribution < 1.29 is 4.79 Å². The van der Waals surface area contributed by atoms with Gasteiger partial charge in [-0.3, -0.25) is 4.79 Å². The lowest BCUT2D eigenvalue weighted by Crippen LogP contribution is -2.24. The Bertz CT molecular complexity index is 196. The summed E-state index contributed by atoms with van der Waals surface area (Å²) in [5.41, 5.74) is 8.23. The number of carbonyl (C=O) groups is 1. The van der Waals surface area contributed by atoms with Gasteiger partial charge in [0.15, 0.2) is 0 Å². The SMILES string of the molecule is CCC(=O)[C@@H](N=[N+]=[N-])C(C)CC. The molecule has 0 spiro atoms. The molecule has 0 aromatic rings. The zero-order chi connectivity index (χ0) is 9.56. The van der Waals surface area contributed by atoms with Gasteiger partial charge in [-0.25, -0.2) is 0 Å². The second kappa shape index (κ2) is 5.61. The number of azide groups is 1. The van der Waals surface area contributed by atoms with E-state index < -0.39 is 6.04 Å². The molecule has 0 aliphatic heterocycles. The molecule has 0 saturated carbocycles. The van der Waals surface area contributed by atoms with Crippen LogP contribution in [-0.4, -0.2) is 11.8 Å². The molecule has 0 fully saturated rings. The van der Waals surface area contributed by atoms with Crippen LogP contribution < -0.4 is 0 Å². The van der Waals surface area contributed by atoms with E-state index in [1.807, 2.05) is 13.8 Å². The smallest absolute Gasteiger partial charge is 0.141 e. The molecule has 0 heterocycles. The summed E-state index contributed by atoms with van der Waals surface area (Å²) < 4.78 is 0. The molecule has 4 heteroatoms. The summed E-state index contributed by atoms with van der Waals surface area (Å²) in [7, 11) is 0. The number of hydrogen-bond acceptors (Lipinski definition) is 2. The van der Waals surface area contributed by atoms with Crippen LogP contribution in [0, 0.1) is 5.92 Å². The molecule has 0 aliphatic carbocycles. The summed E-state index contributed by atoms with van der Waals surface area (Å²) in [6, 6.07) is -0.468. The van der Waals surface area contributed by atoms with Gasteiger partial charge < -0.3 is 0 Å². The number of ketones is 1. The van der Waals surface area contributed by atoms with E-state index in [0.29, 0.717) is 6.42 Å². The van der Waals surface area contributed by atoms with E-state index in [0.717, 1.165) is 6.42 Å². The summed E-state index contributed by atoms with van der Waals surface area (Å²) in [6.07, 6.45) is 1.30. The molecule has 0 saturated heterocycles. The summed E-state index contributed by atoms with van der Waals surface area (Å²) >= 11 is 0. The zero-order valence-electron chi connectivity index (χ0n) is 7.82. The first-order valence-electron chi connectivity index (χ1n) is 4.24. The fraction of sp³-hybridized carbons (Fsp3) is 0.875. The Morgan fingerprint density at radius 2 is 2.17 bits per heavy atom. The highest BCUT2D eigenvalue weighted by Gasteiger charge is 2.20. The van der Waals surface area contributed by atoms with Crippen LogP contribution in [0.5, 0.6) is 0 Å². The second-order valence-corrected chi connectivity index (χ2v) is 2.86. The number of rotatable bonds is 5. The molecule has 4 nitrogen and oxygen atoms in total. The third-order valence-electron chi connectivity index (χ3n) is 2.04. The number of nitrogens with zero attached hydrogens (tertiary/aromatic N) is 3. The maximum Gasteiger partial charge on any atom is 0.141 e. The van der Waals surface area contributed by atoms with Crippen molar-refractivity contribution in [3.8, 4) is 0 Å². The lowest BCUT2D eigenvalue weighted by molar-refractivity contribution is -0.120. The molecule has 0 rings (SSSR count). The molecule has 0 bridgehead atoms. The van der Waals surface area contributed by atoms with Crippen molar-refractivity contribution in [2.24, 2.45) is 11.0 Å². The van der Waals surface area contributed by atoms with Gasteiger partial charge in [-0.15, -0.1) is 0 Å². The Labute approximate surface area is 72.6 Å². The number of hydrogen-bond donors (Lipinski definition) is 0. The van der Waals surface area contributed by atoms with Crippen LogP contribution in [0.25, 0.3) is 10.4 Å². The zero-order valence-corrected chi connectivity index (χ0v) is 7.82. The predicted molar refractivity (Wildman–Crippen MR) is 47.7 cm³/mol. The average molecular weight is 169 g/mol. The normalized spacial score (nSPS) is 14.6. The molecule has 0 N–H and O–H groups in total. The molecule has 68 valence electrons. The van der Waals surface area contributed by atoms with Gasteiger partial charge in [0.25, 0.3) is 0 Å². The Balaban J connectivity index is 4.42. The molecule has 0 aromatic carbocycles. The van der Waals surface area contributed by atoms with Crippen molar-refractivity contribution in [1.29, 1.82) is 0 Å². The average Bonchev–Trinajstić information content (AvgIpc) is 2.11. The first-order chi connectivity index (χ1) is 5.67. The van der Waals surface area contributed by atoms with Crippen molar-refractivity contribution in [2.75, 3.05) is 0 Å². The van der Waals surface area contributed by atoms with E-state index in [1.54, 1.807) is 6.92 Å². The highest BCUT2D eigenvalue weighted by atomic mass is 16.1. The Hall–Kier alpha value is -1.02. The van der Waals surface area contributed by atoms with Gasteiger partial charge >= 0.3 is 0 Å². The van der Waals surface area contributed by atoms with Crippen molar-refractivity contribution >= 4 is 5.78 Å². The summed E-state index contributed by atoms with van der Waals surface area (Å²) in [4.78, 5) is 13.9. The maximum atomic E-state index is 11.2. The minimum Gasteiger partial charge on any atom is -0.299 e. The van der Waals surface area contributed by atoms with Crippen LogP contribution in [0.15, 0.2) is 5.11 Å². The molecule has 0 amide bonds. The summed E-state index contributed by atoms with van der Waals surface area (Å²) in [6.45, 7) is 5.69. The molecular formula is C8H15N3O. The van der Waals surface area contributed by atoms with Crippen LogP contribution in [0.1, 0.15) is 33.6 Å². The van der Waals surface area contributed by atoms with Gasteiger partial charge in [0.05, 0.1) is 6.04 Å². The fourth-order valence-electron chi connectivity index (χ4n) is 0.984. The molecule has 0 aromatic heterocycles. The Kier molecular flexibility index (Phi) is 5.13. The van der Waals surface area contributed by atoms with Crippen molar-refractivity contribution in [2.45, 2.75) is 39.7 Å². The molecule has 0 aliphatic rings. The van der Waals surface area contributed by atoms with Gasteiger partial charge in [0.1, 0.15) is 5.78 Å². The minimum atomic E-state index is -0.468. The van der Waals surface area contributed by atoms with Crippen LogP contribution in [-0.2, 0) is 4.79 Å². The maximum absolute atomic E-state index is 11.2. The van der Waals surface area contributed by atoms with E-state index in [4.69, 9.17) is 5.53 Å². The number of Topliss-reactive ketones (excluding diaryl/α,β-unsaturated/α-hetero) is 1. The van der Waals surface area contributed by atoms with Gasteiger partial charge in [-0.2, -0.15) is 0 Å². The highest BCUT2D eigenvalue weighted by molar-refractivity contribution is 5.84. The predicted octanol–water partition coefficient (Wildman–Crippen LogP) is 2.69. The van der Waals surface area contributed by atoms with Gasteiger partial charge in [0, 0.05) is 11.3 Å². The Morgan fingerprint density at radius 3 is 2.50 bits per heavy atom. The van der Waals surface area contributed by atoms with Crippen LogP contribution in [0.2, 0.25) is 0 Å². The molecule has 12 heavy (non-hydrogen) atoms. The second-order valence-electron chi connectivity index (χ2n) is 2.86. The lowest BCUT2D eigenvalue weighted by Gasteiger charge is -2.14. The van der Waals surface area contributed by atoms with Crippen molar-refractivity contribution in [1.82, 2.24) is 0 Å². The van der Waals surface area contributed by atoms with Crippen molar-refractivity contribution in [3.63, 3.8) is 0 Å². The number of carbonyl (C=O) groups excluding carboxylic acids is 1. The van der Waals surface area contributed by atoms with Gasteiger partial charge in [0.2, 0.25) is 0 Å². The van der Waals surface area contributed by atoms with Crippen molar-refractivity contribution in [3.05, 3.63) is 10.4 Å². The summed E-state index contributed by atoms with van der Waals surface area (Å²) in [5, 5.41) is 3.50. The van der Waals surface area contributed by atoms with E-state index in [9.17, 15) is 4.79 Å². The standard InChI is InChI=1S/C8H15N3O/c1-4-6(3)8(10-11-9)7(12)5-2/h6,8H,4-5H2,1-3H3/t6?,8-/m0/s1. The quantitative estimate of drug-likeness (QED) is 0.354. The van der Waals surface area contributed by atoms with Crippen LogP contribution >= 0.6 is 0 Å². The van der Waals surface area contributed by atoms with Gasteiger partial charge in [-0.1, -0.05) is 32.3 Å². The third-order valence-corrected chi connectivity index (χ3v) is 2.04. The third kappa shape index (κ3) is 2.93. The molecular weight excluding hydrogens is 154 g/mol. The topological polar surface area (TPSA) is 65.8 Å². The van der Waals surface area contributed by atoms with Crippen LogP contribution in [0.4, 0.5) is 0 Å². The highest BCUT2D eigenvalue weighted by Crippen LogP contribution is 2.13. The summed E-state index contributed by atoms with van der Waals surface area (Å²) in [5.74, 6) is 0.176. The Morgan fingerprint density at radius 1 is 1.58 bits per heavy atom. The largest absolute Gasteiger partial charge is 0.299 e. The van der Waals surface area contributed by atoms with E-state index in [2.05, 4.69) is 10.0 Å². The molecule has 1 unspecified atom stereocenters. The van der Waals surface area contributed by atoms with E-state index in [1.165, 1.54) is 0 Å². The first-order valence-corrected chi connectivity index (χ1v) is 4.24. The first kappa shape index (κ1) is 11.0. The fourth-order valence-corrected chi connectivity index (χ4v) is 0.984. The lowest BCUT2D eigenvalue weighted by atomic mass is 9.95.